The number of carbonyl (C=O) groups is 2. The molecular formula is C23H25BrO6. The monoisotopic (exact) mass is 476 g/mol. The number of hydrogen-bond donors (Lipinski definition) is 0. The normalized spacial score (nSPS) is 10.2. The standard InChI is InChI=1S/C21H19BrO6.C2H6/c1-5-26-21(24)16-12(3)27-19-11(2)9-15(18(22)17(16)19)28-20(23)13-7-6-8-14(10-13)25-4;1-2/h6-10H,5H2,1-4H3;1-2H3. The van der Waals surface area contributed by atoms with Gasteiger partial charge in [0.1, 0.15) is 28.4 Å². The van der Waals surface area contributed by atoms with E-state index in [1.165, 1.54) is 7.11 Å². The third kappa shape index (κ3) is 4.67. The zero-order valence-electron chi connectivity index (χ0n) is 17.9. The van der Waals surface area contributed by atoms with Gasteiger partial charge in [0.15, 0.2) is 0 Å². The van der Waals surface area contributed by atoms with E-state index in [0.717, 1.165) is 5.56 Å². The molecule has 0 N–H and O–H groups in total. The minimum Gasteiger partial charge on any atom is -0.497 e. The van der Waals surface area contributed by atoms with Gasteiger partial charge in [-0.05, 0) is 66.5 Å². The summed E-state index contributed by atoms with van der Waals surface area (Å²) in [7, 11) is 1.52. The number of fused-ring (bicyclic) bond motifs is 1. The molecule has 0 aliphatic heterocycles. The van der Waals surface area contributed by atoms with E-state index in [-0.39, 0.29) is 12.4 Å². The first-order valence-electron chi connectivity index (χ1n) is 9.62. The number of rotatable bonds is 5. The molecule has 1 aromatic heterocycles. The largest absolute Gasteiger partial charge is 0.497 e. The van der Waals surface area contributed by atoms with E-state index in [4.69, 9.17) is 18.6 Å². The molecule has 0 fully saturated rings. The van der Waals surface area contributed by atoms with Gasteiger partial charge in [0.25, 0.3) is 0 Å². The summed E-state index contributed by atoms with van der Waals surface area (Å²) in [6.45, 7) is 9.48. The number of aryl methyl sites for hydroxylation is 2. The van der Waals surface area contributed by atoms with Crippen LogP contribution in [0, 0.1) is 13.8 Å². The fourth-order valence-corrected chi connectivity index (χ4v) is 3.49. The molecule has 7 heteroatoms. The summed E-state index contributed by atoms with van der Waals surface area (Å²) in [5.41, 5.74) is 1.92. The van der Waals surface area contributed by atoms with Crippen LogP contribution in [0.5, 0.6) is 11.5 Å². The van der Waals surface area contributed by atoms with Crippen molar-refractivity contribution in [3.05, 3.63) is 57.3 Å². The van der Waals surface area contributed by atoms with Gasteiger partial charge in [-0.1, -0.05) is 19.9 Å². The Morgan fingerprint density at radius 3 is 2.43 bits per heavy atom. The van der Waals surface area contributed by atoms with Crippen LogP contribution < -0.4 is 9.47 Å². The topological polar surface area (TPSA) is 75.0 Å². The van der Waals surface area contributed by atoms with Gasteiger partial charge in [0, 0.05) is 0 Å². The van der Waals surface area contributed by atoms with Crippen molar-refractivity contribution in [1.82, 2.24) is 0 Å². The Labute approximate surface area is 184 Å². The molecule has 3 rings (SSSR count). The molecule has 2 aromatic carbocycles. The molecule has 6 nitrogen and oxygen atoms in total. The summed E-state index contributed by atoms with van der Waals surface area (Å²) in [6.07, 6.45) is 0. The highest BCUT2D eigenvalue weighted by Gasteiger charge is 2.25. The second-order valence-electron chi connectivity index (χ2n) is 6.08. The van der Waals surface area contributed by atoms with Gasteiger partial charge in [0.2, 0.25) is 0 Å². The fraction of sp³-hybridized carbons (Fsp3) is 0.304. The number of esters is 2. The van der Waals surface area contributed by atoms with Crippen LogP contribution >= 0.6 is 15.9 Å². The van der Waals surface area contributed by atoms with Crippen LogP contribution in [0.3, 0.4) is 0 Å². The summed E-state index contributed by atoms with van der Waals surface area (Å²) < 4.78 is 22.1. The lowest BCUT2D eigenvalue weighted by Crippen LogP contribution is -2.10. The maximum atomic E-state index is 12.6. The summed E-state index contributed by atoms with van der Waals surface area (Å²) >= 11 is 3.46. The molecule has 0 aliphatic rings. The number of methoxy groups -OCH3 is 1. The Morgan fingerprint density at radius 1 is 1.10 bits per heavy atom. The molecule has 30 heavy (non-hydrogen) atoms. The van der Waals surface area contributed by atoms with Crippen molar-refractivity contribution in [1.29, 1.82) is 0 Å². The number of benzene rings is 2. The highest BCUT2D eigenvalue weighted by molar-refractivity contribution is 9.10. The van der Waals surface area contributed by atoms with Crippen LogP contribution in [0.2, 0.25) is 0 Å². The predicted octanol–water partition coefficient (Wildman–Crippen LogP) is 6.24. The molecule has 3 aromatic rings. The predicted molar refractivity (Wildman–Crippen MR) is 119 cm³/mol. The molecule has 160 valence electrons. The van der Waals surface area contributed by atoms with Gasteiger partial charge in [-0.25, -0.2) is 9.59 Å². The van der Waals surface area contributed by atoms with Crippen LogP contribution in [0.4, 0.5) is 0 Å². The summed E-state index contributed by atoms with van der Waals surface area (Å²) in [5.74, 6) is 0.235. The fourth-order valence-electron chi connectivity index (χ4n) is 2.91. The van der Waals surface area contributed by atoms with Gasteiger partial charge in [-0.3, -0.25) is 0 Å². The maximum Gasteiger partial charge on any atom is 0.343 e. The SMILES string of the molecule is CC.CCOC(=O)c1c(C)oc2c(C)cc(OC(=O)c3cccc(OC)c3)c(Br)c12. The van der Waals surface area contributed by atoms with Crippen molar-refractivity contribution >= 4 is 38.8 Å². The molecule has 0 saturated carbocycles. The molecule has 0 aliphatic carbocycles. The first-order chi connectivity index (χ1) is 14.4. The van der Waals surface area contributed by atoms with Gasteiger partial charge in [-0.2, -0.15) is 0 Å². The van der Waals surface area contributed by atoms with Crippen molar-refractivity contribution in [3.63, 3.8) is 0 Å². The first kappa shape index (κ1) is 23.5. The van der Waals surface area contributed by atoms with Crippen LogP contribution in [-0.4, -0.2) is 25.7 Å². The van der Waals surface area contributed by atoms with E-state index in [1.807, 2.05) is 20.8 Å². The van der Waals surface area contributed by atoms with Crippen LogP contribution in [-0.2, 0) is 4.74 Å². The molecule has 0 amide bonds. The molecule has 0 saturated heterocycles. The molecule has 0 bridgehead atoms. The maximum absolute atomic E-state index is 12.6. The van der Waals surface area contributed by atoms with E-state index in [1.54, 1.807) is 44.2 Å². The van der Waals surface area contributed by atoms with E-state index >= 15 is 0 Å². The minimum atomic E-state index is -0.545. The van der Waals surface area contributed by atoms with E-state index in [0.29, 0.717) is 38.1 Å². The van der Waals surface area contributed by atoms with Crippen LogP contribution in [0.25, 0.3) is 11.0 Å². The molecule has 1 heterocycles. The molecule has 0 radical (unpaired) electrons. The van der Waals surface area contributed by atoms with Crippen molar-refractivity contribution < 1.29 is 28.2 Å². The quantitative estimate of drug-likeness (QED) is 0.320. The lowest BCUT2D eigenvalue weighted by atomic mass is 10.1. The smallest absolute Gasteiger partial charge is 0.343 e. The van der Waals surface area contributed by atoms with E-state index in [9.17, 15) is 9.59 Å². The van der Waals surface area contributed by atoms with Crippen molar-refractivity contribution in [3.8, 4) is 11.5 Å². The van der Waals surface area contributed by atoms with Crippen LogP contribution in [0.1, 0.15) is 52.8 Å². The third-order valence-corrected chi connectivity index (χ3v) is 5.00. The van der Waals surface area contributed by atoms with E-state index < -0.39 is 11.9 Å². The van der Waals surface area contributed by atoms with Gasteiger partial charge >= 0.3 is 11.9 Å². The molecule has 0 atom stereocenters. The Hall–Kier alpha value is -2.80. The second kappa shape index (κ2) is 10.3. The third-order valence-electron chi connectivity index (χ3n) is 4.21. The van der Waals surface area contributed by atoms with Gasteiger partial charge in [-0.15, -0.1) is 0 Å². The van der Waals surface area contributed by atoms with Crippen molar-refractivity contribution in [2.45, 2.75) is 34.6 Å². The molecular weight excluding hydrogens is 452 g/mol. The average Bonchev–Trinajstić information content (AvgIpc) is 3.11. The highest BCUT2D eigenvalue weighted by atomic mass is 79.9. The Kier molecular flexibility index (Phi) is 8.06. The Bertz CT molecular complexity index is 1070. The Balaban J connectivity index is 0.00000155. The zero-order chi connectivity index (χ0) is 22.4. The number of carbonyl (C=O) groups excluding carboxylic acids is 2. The molecule has 0 spiro atoms. The van der Waals surface area contributed by atoms with Crippen molar-refractivity contribution in [2.75, 3.05) is 13.7 Å². The lowest BCUT2D eigenvalue weighted by molar-refractivity contribution is 0.0526. The number of ether oxygens (including phenoxy) is 3. The van der Waals surface area contributed by atoms with E-state index in [2.05, 4.69) is 15.9 Å². The number of hydrogen-bond acceptors (Lipinski definition) is 6. The van der Waals surface area contributed by atoms with Crippen molar-refractivity contribution in [2.24, 2.45) is 0 Å². The number of halogens is 1. The first-order valence-corrected chi connectivity index (χ1v) is 10.4. The van der Waals surface area contributed by atoms with Crippen LogP contribution in [0.15, 0.2) is 39.2 Å². The summed E-state index contributed by atoms with van der Waals surface area (Å²) in [5, 5.41) is 0.518. The summed E-state index contributed by atoms with van der Waals surface area (Å²) in [4.78, 5) is 25.0. The Morgan fingerprint density at radius 2 is 1.80 bits per heavy atom. The molecule has 0 unspecified atom stereocenters. The summed E-state index contributed by atoms with van der Waals surface area (Å²) in [6, 6.07) is 8.35. The second-order valence-corrected chi connectivity index (χ2v) is 6.88. The lowest BCUT2D eigenvalue weighted by Gasteiger charge is -2.10. The van der Waals surface area contributed by atoms with Gasteiger partial charge < -0.3 is 18.6 Å². The number of furan rings is 1. The zero-order valence-corrected chi connectivity index (χ0v) is 19.5. The van der Waals surface area contributed by atoms with Gasteiger partial charge in [0.05, 0.1) is 29.1 Å². The average molecular weight is 477 g/mol. The highest BCUT2D eigenvalue weighted by Crippen LogP contribution is 2.40. The minimum absolute atomic E-state index is 0.242.